The van der Waals surface area contributed by atoms with Crippen LogP contribution in [-0.2, 0) is 10.0 Å². The highest BCUT2D eigenvalue weighted by atomic mass is 32.2. The summed E-state index contributed by atoms with van der Waals surface area (Å²) < 4.78 is 83.0. The lowest BCUT2D eigenvalue weighted by atomic mass is 9.82. The van der Waals surface area contributed by atoms with Crippen LogP contribution >= 0.6 is 0 Å². The number of anilines is 1. The summed E-state index contributed by atoms with van der Waals surface area (Å²) in [5, 5.41) is 11.0. The summed E-state index contributed by atoms with van der Waals surface area (Å²) in [6, 6.07) is 12.6. The zero-order valence-electron chi connectivity index (χ0n) is 17.8. The van der Waals surface area contributed by atoms with E-state index in [1.807, 2.05) is 19.1 Å². The van der Waals surface area contributed by atoms with Gasteiger partial charge < -0.3 is 9.84 Å². The van der Waals surface area contributed by atoms with Crippen LogP contribution in [0.3, 0.4) is 0 Å². The Bertz CT molecular complexity index is 1300. The molecule has 0 fully saturated rings. The second-order valence-electron chi connectivity index (χ2n) is 7.96. The number of rotatable bonds is 5. The number of benzene rings is 2. The normalized spacial score (nSPS) is 19.1. The summed E-state index contributed by atoms with van der Waals surface area (Å²) in [5.74, 6) is -0.941. The highest BCUT2D eigenvalue weighted by Gasteiger charge is 2.46. The topological polar surface area (TPSA) is 88.5 Å². The molecule has 2 aromatic carbocycles. The molecule has 0 unspecified atom stereocenters. The average molecular weight is 496 g/mol. The lowest BCUT2D eigenvalue weighted by Gasteiger charge is -2.34. The Balaban J connectivity index is 1.67. The summed E-state index contributed by atoms with van der Waals surface area (Å²) in [6.07, 6.45) is 0.747. The quantitative estimate of drug-likeness (QED) is 0.486. The first-order valence-electron chi connectivity index (χ1n) is 10.2. The number of aliphatic hydroxyl groups is 1. The second kappa shape index (κ2) is 8.88. The van der Waals surface area contributed by atoms with Crippen molar-refractivity contribution in [2.75, 3.05) is 11.3 Å². The third-order valence-corrected chi connectivity index (χ3v) is 6.91. The molecule has 34 heavy (non-hydrogen) atoms. The maximum atomic E-state index is 13.9. The molecule has 3 atom stereocenters. The van der Waals surface area contributed by atoms with Gasteiger partial charge in [-0.3, -0.25) is 9.71 Å². The number of hydrogen-bond donors (Lipinski definition) is 2. The van der Waals surface area contributed by atoms with Crippen LogP contribution in [0.4, 0.5) is 23.2 Å². The van der Waals surface area contributed by atoms with Crippen molar-refractivity contribution in [2.45, 2.75) is 24.5 Å². The van der Waals surface area contributed by atoms with Crippen molar-refractivity contribution in [1.29, 1.82) is 0 Å². The summed E-state index contributed by atoms with van der Waals surface area (Å²) in [4.78, 5) is 4.32. The van der Waals surface area contributed by atoms with Crippen molar-refractivity contribution in [3.8, 4) is 16.9 Å². The van der Waals surface area contributed by atoms with E-state index in [9.17, 15) is 31.1 Å². The number of aliphatic hydroxyl groups excluding tert-OH is 1. The van der Waals surface area contributed by atoms with E-state index in [1.165, 1.54) is 22.9 Å². The number of fused-ring (bicyclic) bond motifs is 1. The molecule has 2 N–H and O–H groups in total. The zero-order chi connectivity index (χ0) is 24.7. The minimum atomic E-state index is -5.71. The van der Waals surface area contributed by atoms with Gasteiger partial charge in [-0.05, 0) is 42.0 Å². The van der Waals surface area contributed by atoms with Crippen LogP contribution in [0.1, 0.15) is 30.2 Å². The third-order valence-electron chi connectivity index (χ3n) is 5.81. The molecule has 2 heterocycles. The number of aromatic nitrogens is 1. The van der Waals surface area contributed by atoms with Crippen LogP contribution < -0.4 is 9.46 Å². The summed E-state index contributed by atoms with van der Waals surface area (Å²) in [5.41, 5.74) is -4.65. The first kappa shape index (κ1) is 24.0. The number of pyridine rings is 1. The molecule has 3 aromatic rings. The van der Waals surface area contributed by atoms with Gasteiger partial charge in [-0.15, -0.1) is 0 Å². The van der Waals surface area contributed by atoms with Gasteiger partial charge in [-0.1, -0.05) is 25.1 Å². The molecule has 1 aliphatic heterocycles. The predicted octanol–water partition coefficient (Wildman–Crippen LogP) is 4.99. The molecule has 0 aliphatic carbocycles. The van der Waals surface area contributed by atoms with E-state index in [2.05, 4.69) is 4.98 Å². The third kappa shape index (κ3) is 4.58. The van der Waals surface area contributed by atoms with Crippen LogP contribution in [0.15, 0.2) is 60.8 Å². The van der Waals surface area contributed by atoms with E-state index >= 15 is 0 Å². The van der Waals surface area contributed by atoms with E-state index < -0.39 is 33.1 Å². The van der Waals surface area contributed by atoms with Gasteiger partial charge in [0.1, 0.15) is 11.6 Å². The summed E-state index contributed by atoms with van der Waals surface area (Å²) >= 11 is 0. The maximum Gasteiger partial charge on any atom is 0.516 e. The second-order valence-corrected chi connectivity index (χ2v) is 9.63. The Hall–Kier alpha value is -3.18. The van der Waals surface area contributed by atoms with Crippen molar-refractivity contribution >= 4 is 15.7 Å². The Kier molecular flexibility index (Phi) is 6.26. The molecule has 0 saturated carbocycles. The van der Waals surface area contributed by atoms with Gasteiger partial charge in [0.15, 0.2) is 0 Å². The van der Waals surface area contributed by atoms with Crippen molar-refractivity contribution in [3.05, 3.63) is 77.9 Å². The fraction of sp³-hybridized carbons (Fsp3) is 0.261. The van der Waals surface area contributed by atoms with Gasteiger partial charge in [0.2, 0.25) is 0 Å². The van der Waals surface area contributed by atoms with Crippen molar-refractivity contribution in [2.24, 2.45) is 5.92 Å². The molecule has 0 bridgehead atoms. The van der Waals surface area contributed by atoms with Crippen LogP contribution in [0.25, 0.3) is 11.1 Å². The van der Waals surface area contributed by atoms with Crippen LogP contribution in [0.2, 0.25) is 0 Å². The average Bonchev–Trinajstić information content (AvgIpc) is 2.79. The lowest BCUT2D eigenvalue weighted by molar-refractivity contribution is -0.0429. The molecular formula is C23H20F4N2O4S. The van der Waals surface area contributed by atoms with Gasteiger partial charge >= 0.3 is 15.5 Å². The van der Waals surface area contributed by atoms with Gasteiger partial charge in [0, 0.05) is 34.9 Å². The van der Waals surface area contributed by atoms with Gasteiger partial charge in [-0.25, -0.2) is 4.39 Å². The molecule has 180 valence electrons. The maximum absolute atomic E-state index is 13.9. The summed E-state index contributed by atoms with van der Waals surface area (Å²) in [7, 11) is -5.71. The standard InChI is InChI=1S/C23H20F4N2O4S/c1-13(19-4-2-3-9-28-19)18-12-33-21-10-14(5-7-16(21)22(18)30)17-11-15(24)6-8-20(17)29-34(31,32)23(25,26)27/h2-11,13,18,22,29-30H,12H2,1H3/t13-,18-,22+/m0/s1. The molecule has 0 spiro atoms. The van der Waals surface area contributed by atoms with E-state index in [0.717, 1.165) is 23.9 Å². The number of ether oxygens (including phenoxy) is 1. The van der Waals surface area contributed by atoms with E-state index in [4.69, 9.17) is 4.74 Å². The SMILES string of the molecule is C[C@H](c1ccccn1)[C@@H]1COc2cc(-c3cc(F)ccc3NS(=O)(=O)C(F)(F)F)ccc2[C@H]1O. The molecule has 0 amide bonds. The molecule has 1 aromatic heterocycles. The number of hydrogen-bond acceptors (Lipinski definition) is 5. The fourth-order valence-electron chi connectivity index (χ4n) is 3.91. The Morgan fingerprint density at radius 1 is 1.15 bits per heavy atom. The van der Waals surface area contributed by atoms with Crippen molar-refractivity contribution in [1.82, 2.24) is 4.98 Å². The minimum absolute atomic E-state index is 0.113. The molecule has 11 heteroatoms. The minimum Gasteiger partial charge on any atom is -0.493 e. The van der Waals surface area contributed by atoms with Gasteiger partial charge in [-0.2, -0.15) is 21.6 Å². The smallest absolute Gasteiger partial charge is 0.493 e. The lowest BCUT2D eigenvalue weighted by Crippen LogP contribution is -2.30. The predicted molar refractivity (Wildman–Crippen MR) is 117 cm³/mol. The van der Waals surface area contributed by atoms with Crippen molar-refractivity contribution < 1.29 is 35.8 Å². The van der Waals surface area contributed by atoms with E-state index in [1.54, 1.807) is 12.3 Å². The Morgan fingerprint density at radius 2 is 1.91 bits per heavy atom. The van der Waals surface area contributed by atoms with Crippen LogP contribution in [0.5, 0.6) is 5.75 Å². The molecule has 6 nitrogen and oxygen atoms in total. The van der Waals surface area contributed by atoms with Gasteiger partial charge in [0.25, 0.3) is 0 Å². The molecule has 4 rings (SSSR count). The molecule has 0 saturated heterocycles. The summed E-state index contributed by atoms with van der Waals surface area (Å²) in [6.45, 7) is 2.07. The molecule has 1 aliphatic rings. The van der Waals surface area contributed by atoms with Crippen molar-refractivity contribution in [3.63, 3.8) is 0 Å². The Labute approximate surface area is 193 Å². The van der Waals surface area contributed by atoms with E-state index in [-0.39, 0.29) is 35.3 Å². The van der Waals surface area contributed by atoms with E-state index in [0.29, 0.717) is 5.56 Å². The monoisotopic (exact) mass is 496 g/mol. The number of sulfonamides is 1. The number of nitrogens with one attached hydrogen (secondary N) is 1. The zero-order valence-corrected chi connectivity index (χ0v) is 18.6. The molecular weight excluding hydrogens is 476 g/mol. The van der Waals surface area contributed by atoms with Gasteiger partial charge in [0.05, 0.1) is 18.4 Å². The number of nitrogens with zero attached hydrogens (tertiary/aromatic N) is 1. The number of alkyl halides is 3. The highest BCUT2D eigenvalue weighted by molar-refractivity contribution is 7.93. The van der Waals surface area contributed by atoms with Crippen LogP contribution in [0, 0.1) is 11.7 Å². The first-order chi connectivity index (χ1) is 16.0. The number of halogens is 4. The molecule has 0 radical (unpaired) electrons. The highest BCUT2D eigenvalue weighted by Crippen LogP contribution is 2.44. The first-order valence-corrected chi connectivity index (χ1v) is 11.7. The van der Waals surface area contributed by atoms with Crippen LogP contribution in [-0.4, -0.2) is 30.6 Å². The Morgan fingerprint density at radius 3 is 2.59 bits per heavy atom. The fourth-order valence-corrected chi connectivity index (χ4v) is 4.49. The largest absolute Gasteiger partial charge is 0.516 e.